The molecule has 0 unspecified atom stereocenters. The van der Waals surface area contributed by atoms with Crippen LogP contribution in [0.2, 0.25) is 0 Å². The number of benzene rings is 6. The second-order valence-electron chi connectivity index (χ2n) is 11.6. The average Bonchev–Trinajstić information content (AvgIpc) is 3.11. The van der Waals surface area contributed by atoms with Crippen molar-refractivity contribution in [2.75, 3.05) is 21.3 Å². The molecular formula is C36H26N4O12S2. The van der Waals surface area contributed by atoms with E-state index in [0.717, 1.165) is 24.3 Å². The van der Waals surface area contributed by atoms with E-state index in [4.69, 9.17) is 0 Å². The number of amides is 4. The van der Waals surface area contributed by atoms with E-state index in [1.807, 2.05) is 0 Å². The summed E-state index contributed by atoms with van der Waals surface area (Å²) < 4.78 is 64.8. The Morgan fingerprint density at radius 3 is 1.15 bits per heavy atom. The smallest absolute Gasteiger partial charge is 0.314 e. The van der Waals surface area contributed by atoms with Crippen LogP contribution in [0.5, 0.6) is 11.5 Å². The molecule has 8 N–H and O–H groups in total. The van der Waals surface area contributed by atoms with Crippen LogP contribution in [0.3, 0.4) is 0 Å². The highest BCUT2D eigenvalue weighted by Gasteiger charge is 2.20. The van der Waals surface area contributed by atoms with Crippen molar-refractivity contribution in [3.63, 3.8) is 0 Å². The van der Waals surface area contributed by atoms with Gasteiger partial charge in [-0.3, -0.25) is 28.3 Å². The molecule has 0 bridgehead atoms. The molecule has 6 aromatic carbocycles. The number of aromatic hydroxyl groups is 2. The Labute approximate surface area is 305 Å². The van der Waals surface area contributed by atoms with Crippen LogP contribution in [0.25, 0.3) is 21.5 Å². The third-order valence-corrected chi connectivity index (χ3v) is 9.63. The van der Waals surface area contributed by atoms with Gasteiger partial charge in [0.15, 0.2) is 0 Å². The Bertz CT molecular complexity index is 2560. The molecule has 16 nitrogen and oxygen atoms in total. The van der Waals surface area contributed by atoms with Gasteiger partial charge in [-0.2, -0.15) is 16.8 Å². The number of carbonyl (C=O) groups is 4. The Balaban J connectivity index is 1.06. The van der Waals surface area contributed by atoms with Crippen LogP contribution in [0.4, 0.5) is 22.7 Å². The maximum Gasteiger partial charge on any atom is 0.314 e. The average molecular weight is 771 g/mol. The van der Waals surface area contributed by atoms with Gasteiger partial charge >= 0.3 is 11.8 Å². The number of carbonyl (C=O) groups excluding carboxylic acids is 4. The van der Waals surface area contributed by atoms with E-state index in [1.165, 1.54) is 84.9 Å². The molecule has 0 aliphatic heterocycles. The SMILES string of the molecule is O=C(Nc1ccc(C(=O)Nc2cccc3cc(S(=O)(=O)O)cc(O)c23)cc1)C(=O)Nc1ccc(C(=O)Nc2cccc3cc(S(=O)(=O)O)cc(O)c23)cc1. The number of phenols is 2. The van der Waals surface area contributed by atoms with E-state index in [0.29, 0.717) is 0 Å². The van der Waals surface area contributed by atoms with Crippen LogP contribution in [0.1, 0.15) is 20.7 Å². The molecule has 0 radical (unpaired) electrons. The maximum absolute atomic E-state index is 13.0. The number of hydrogen-bond donors (Lipinski definition) is 8. The van der Waals surface area contributed by atoms with E-state index in [1.54, 1.807) is 0 Å². The van der Waals surface area contributed by atoms with E-state index in [-0.39, 0.29) is 55.4 Å². The van der Waals surface area contributed by atoms with Gasteiger partial charge in [0, 0.05) is 45.4 Å². The van der Waals surface area contributed by atoms with Crippen molar-refractivity contribution in [3.05, 3.63) is 120 Å². The first-order chi connectivity index (χ1) is 25.5. The summed E-state index contributed by atoms with van der Waals surface area (Å²) >= 11 is 0. The van der Waals surface area contributed by atoms with Gasteiger partial charge in [0.1, 0.15) is 11.5 Å². The summed E-state index contributed by atoms with van der Waals surface area (Å²) in [5.41, 5.74) is 0.931. The molecule has 0 fully saturated rings. The molecule has 0 atom stereocenters. The van der Waals surface area contributed by atoms with Crippen LogP contribution >= 0.6 is 0 Å². The van der Waals surface area contributed by atoms with Crippen molar-refractivity contribution < 1.29 is 55.3 Å². The standard InChI is InChI=1S/C36H26N4O12S2/c41-29-17-25(53(47,48)49)15-21-3-1-5-27(31(21)29)39-33(43)19-7-11-23(12-8-19)37-35(45)36(46)38-24-13-9-20(10-14-24)34(44)40-28-6-2-4-22-16-26(54(50,51)52)18-30(42)32(22)28/h1-18,41-42H,(H,37,45)(H,38,46)(H,39,43)(H,40,44)(H,47,48,49)(H,50,51,52). The fraction of sp³-hybridized carbons (Fsp3) is 0. The molecule has 0 saturated carbocycles. The van der Waals surface area contributed by atoms with Crippen LogP contribution < -0.4 is 21.3 Å². The fourth-order valence-corrected chi connectivity index (χ4v) is 6.51. The lowest BCUT2D eigenvalue weighted by Crippen LogP contribution is -2.29. The lowest BCUT2D eigenvalue weighted by Gasteiger charge is -2.12. The predicted octanol–water partition coefficient (Wildman–Crippen LogP) is 4.98. The molecule has 6 aromatic rings. The minimum absolute atomic E-state index is 0.134. The van der Waals surface area contributed by atoms with Crippen molar-refractivity contribution >= 4 is 88.2 Å². The molecule has 0 aliphatic carbocycles. The first kappa shape index (κ1) is 36.9. The molecule has 0 heterocycles. The monoisotopic (exact) mass is 770 g/mol. The Hall–Kier alpha value is -6.86. The summed E-state index contributed by atoms with van der Waals surface area (Å²) in [7, 11) is -9.18. The molecule has 6 rings (SSSR count). The van der Waals surface area contributed by atoms with E-state index >= 15 is 0 Å². The summed E-state index contributed by atoms with van der Waals surface area (Å²) in [6.45, 7) is 0. The highest BCUT2D eigenvalue weighted by molar-refractivity contribution is 7.86. The van der Waals surface area contributed by atoms with Gasteiger partial charge in [-0.05, 0) is 83.6 Å². The van der Waals surface area contributed by atoms with Crippen LogP contribution in [-0.2, 0) is 29.8 Å². The molecule has 0 aliphatic rings. The first-order valence-electron chi connectivity index (χ1n) is 15.4. The van der Waals surface area contributed by atoms with E-state index in [9.17, 15) is 55.3 Å². The second kappa shape index (κ2) is 14.3. The van der Waals surface area contributed by atoms with E-state index in [2.05, 4.69) is 21.3 Å². The molecule has 18 heteroatoms. The second-order valence-corrected chi connectivity index (χ2v) is 14.5. The lowest BCUT2D eigenvalue weighted by atomic mass is 10.1. The minimum atomic E-state index is -4.59. The molecule has 0 saturated heterocycles. The maximum atomic E-state index is 13.0. The van der Waals surface area contributed by atoms with Crippen LogP contribution in [0, 0.1) is 0 Å². The van der Waals surface area contributed by atoms with Crippen LogP contribution in [-0.4, -0.2) is 59.8 Å². The molecule has 0 spiro atoms. The third-order valence-electron chi connectivity index (χ3n) is 7.97. The zero-order valence-corrected chi connectivity index (χ0v) is 28.9. The van der Waals surface area contributed by atoms with Crippen molar-refractivity contribution in [1.29, 1.82) is 0 Å². The highest BCUT2D eigenvalue weighted by Crippen LogP contribution is 2.36. The molecular weight excluding hydrogens is 745 g/mol. The fourth-order valence-electron chi connectivity index (χ4n) is 5.44. The quantitative estimate of drug-likeness (QED) is 0.0753. The van der Waals surface area contributed by atoms with Gasteiger partial charge < -0.3 is 31.5 Å². The zero-order valence-electron chi connectivity index (χ0n) is 27.3. The summed E-state index contributed by atoms with van der Waals surface area (Å²) in [5.74, 6) is -4.29. The van der Waals surface area contributed by atoms with Crippen molar-refractivity contribution in [2.24, 2.45) is 0 Å². The predicted molar refractivity (Wildman–Crippen MR) is 197 cm³/mol. The van der Waals surface area contributed by atoms with Gasteiger partial charge in [-0.25, -0.2) is 0 Å². The normalized spacial score (nSPS) is 11.5. The molecule has 54 heavy (non-hydrogen) atoms. The zero-order chi connectivity index (χ0) is 38.9. The highest BCUT2D eigenvalue weighted by atomic mass is 32.2. The first-order valence-corrected chi connectivity index (χ1v) is 18.3. The van der Waals surface area contributed by atoms with Gasteiger partial charge in [-0.1, -0.05) is 24.3 Å². The third kappa shape index (κ3) is 7.96. The molecule has 4 amide bonds. The van der Waals surface area contributed by atoms with Crippen molar-refractivity contribution in [2.45, 2.75) is 9.79 Å². The van der Waals surface area contributed by atoms with Crippen molar-refractivity contribution in [3.8, 4) is 11.5 Å². The van der Waals surface area contributed by atoms with Gasteiger partial charge in [0.2, 0.25) is 0 Å². The summed E-state index contributed by atoms with van der Waals surface area (Å²) in [4.78, 5) is 50.1. The minimum Gasteiger partial charge on any atom is -0.507 e. The number of nitrogens with one attached hydrogen (secondary N) is 4. The summed E-state index contributed by atoms with van der Waals surface area (Å²) in [6, 6.07) is 23.9. The largest absolute Gasteiger partial charge is 0.507 e. The van der Waals surface area contributed by atoms with E-state index < -0.39 is 65.2 Å². The van der Waals surface area contributed by atoms with Gasteiger partial charge in [0.25, 0.3) is 32.1 Å². The number of hydrogen-bond acceptors (Lipinski definition) is 10. The summed E-state index contributed by atoms with van der Waals surface area (Å²) in [5, 5.41) is 31.7. The molecule has 0 aromatic heterocycles. The van der Waals surface area contributed by atoms with Crippen LogP contribution in [0.15, 0.2) is 119 Å². The molecule has 274 valence electrons. The number of rotatable bonds is 8. The topological polar surface area (TPSA) is 266 Å². The Kier molecular flexibility index (Phi) is 9.76. The number of fused-ring (bicyclic) bond motifs is 2. The van der Waals surface area contributed by atoms with Gasteiger partial charge in [-0.15, -0.1) is 0 Å². The summed E-state index contributed by atoms with van der Waals surface area (Å²) in [6.07, 6.45) is 0. The Morgan fingerprint density at radius 2 is 0.815 bits per heavy atom. The Morgan fingerprint density at radius 1 is 0.463 bits per heavy atom. The number of phenolic OH excluding ortho intramolecular Hbond substituents is 2. The number of anilines is 4. The lowest BCUT2D eigenvalue weighted by molar-refractivity contribution is -0.132. The van der Waals surface area contributed by atoms with Crippen molar-refractivity contribution in [1.82, 2.24) is 0 Å². The van der Waals surface area contributed by atoms with Gasteiger partial charge in [0.05, 0.1) is 21.2 Å².